The van der Waals surface area contributed by atoms with E-state index in [0.29, 0.717) is 18.9 Å². The molecule has 88 valence electrons. The Balaban J connectivity index is 1.98. The first-order chi connectivity index (χ1) is 7.00. The highest BCUT2D eigenvalue weighted by molar-refractivity contribution is 7.92. The average Bonchev–Trinajstić information content (AvgIpc) is 2.88. The molecule has 2 fully saturated rings. The van der Waals surface area contributed by atoms with Gasteiger partial charge in [-0.2, -0.15) is 0 Å². The zero-order valence-electron chi connectivity index (χ0n) is 9.06. The quantitative estimate of drug-likeness (QED) is 0.759. The Bertz CT molecular complexity index is 324. The van der Waals surface area contributed by atoms with Crippen LogP contribution < -0.4 is 5.73 Å². The summed E-state index contributed by atoms with van der Waals surface area (Å²) in [6.45, 7) is 2.39. The Morgan fingerprint density at radius 3 is 2.53 bits per heavy atom. The van der Waals surface area contributed by atoms with Crippen LogP contribution in [0, 0.1) is 5.92 Å². The Morgan fingerprint density at radius 1 is 1.40 bits per heavy atom. The fraction of sp³-hybridized carbons (Fsp3) is 1.00. The molecule has 0 radical (unpaired) electrons. The van der Waals surface area contributed by atoms with E-state index in [1.165, 1.54) is 0 Å². The number of hydrogen-bond acceptors (Lipinski definition) is 4. The van der Waals surface area contributed by atoms with Gasteiger partial charge in [-0.3, -0.25) is 0 Å². The van der Waals surface area contributed by atoms with Crippen molar-refractivity contribution in [2.24, 2.45) is 11.7 Å². The van der Waals surface area contributed by atoms with Gasteiger partial charge >= 0.3 is 0 Å². The maximum Gasteiger partial charge on any atom is 0.157 e. The van der Waals surface area contributed by atoms with Crippen LogP contribution in [0.2, 0.25) is 0 Å². The number of rotatable bonds is 4. The molecule has 4 nitrogen and oxygen atoms in total. The molecule has 3 atom stereocenters. The van der Waals surface area contributed by atoms with E-state index in [1.54, 1.807) is 0 Å². The lowest BCUT2D eigenvalue weighted by atomic mass is 10.2. The van der Waals surface area contributed by atoms with Crippen molar-refractivity contribution in [2.45, 2.75) is 43.6 Å². The van der Waals surface area contributed by atoms with Gasteiger partial charge in [-0.05, 0) is 32.1 Å². The van der Waals surface area contributed by atoms with Crippen molar-refractivity contribution >= 4 is 9.84 Å². The fourth-order valence-electron chi connectivity index (χ4n) is 2.24. The molecule has 0 amide bonds. The Labute approximate surface area is 91.1 Å². The van der Waals surface area contributed by atoms with Gasteiger partial charge in [0.25, 0.3) is 0 Å². The molecule has 2 rings (SSSR count). The zero-order chi connectivity index (χ0) is 11.1. The summed E-state index contributed by atoms with van der Waals surface area (Å²) in [6.07, 6.45) is 2.64. The summed E-state index contributed by atoms with van der Waals surface area (Å²) in [5.74, 6) is 0.577. The second-order valence-corrected chi connectivity index (χ2v) is 7.00. The average molecular weight is 233 g/mol. The van der Waals surface area contributed by atoms with E-state index in [9.17, 15) is 8.42 Å². The van der Waals surface area contributed by atoms with Gasteiger partial charge in [0.05, 0.1) is 17.1 Å². The number of hydrogen-bond donors (Lipinski definition) is 1. The van der Waals surface area contributed by atoms with Gasteiger partial charge in [-0.25, -0.2) is 8.42 Å². The highest BCUT2D eigenvalue weighted by Crippen LogP contribution is 2.33. The molecule has 1 saturated carbocycles. The molecule has 15 heavy (non-hydrogen) atoms. The smallest absolute Gasteiger partial charge is 0.157 e. The van der Waals surface area contributed by atoms with Gasteiger partial charge in [0.1, 0.15) is 0 Å². The minimum Gasteiger partial charge on any atom is -0.377 e. The first-order valence-electron chi connectivity index (χ1n) is 5.59. The van der Waals surface area contributed by atoms with Crippen LogP contribution in [0.1, 0.15) is 26.2 Å². The van der Waals surface area contributed by atoms with Crippen LogP contribution in [0.5, 0.6) is 0 Å². The van der Waals surface area contributed by atoms with Crippen LogP contribution in [-0.4, -0.2) is 38.2 Å². The molecular weight excluding hydrogens is 214 g/mol. The van der Waals surface area contributed by atoms with Gasteiger partial charge in [-0.15, -0.1) is 0 Å². The van der Waals surface area contributed by atoms with Crippen molar-refractivity contribution in [3.05, 3.63) is 0 Å². The third-order valence-corrected chi connectivity index (χ3v) is 5.81. The van der Waals surface area contributed by atoms with Crippen LogP contribution in [0.4, 0.5) is 0 Å². The molecule has 0 aromatic heterocycles. The summed E-state index contributed by atoms with van der Waals surface area (Å²) >= 11 is 0. The van der Waals surface area contributed by atoms with E-state index < -0.39 is 9.84 Å². The normalized spacial score (nSPS) is 34.3. The molecule has 0 aromatic carbocycles. The SMILES string of the molecule is CC1OCCC1S(=O)(=O)CC(N)C1CC1. The largest absolute Gasteiger partial charge is 0.377 e. The van der Waals surface area contributed by atoms with Gasteiger partial charge in [0.15, 0.2) is 9.84 Å². The highest BCUT2D eigenvalue weighted by atomic mass is 32.2. The third-order valence-electron chi connectivity index (χ3n) is 3.42. The van der Waals surface area contributed by atoms with Crippen molar-refractivity contribution in [1.82, 2.24) is 0 Å². The summed E-state index contributed by atoms with van der Waals surface area (Å²) < 4.78 is 29.3. The number of nitrogens with two attached hydrogens (primary N) is 1. The highest BCUT2D eigenvalue weighted by Gasteiger charge is 2.39. The molecule has 1 heterocycles. The Morgan fingerprint density at radius 2 is 2.07 bits per heavy atom. The lowest BCUT2D eigenvalue weighted by Gasteiger charge is -2.18. The van der Waals surface area contributed by atoms with Gasteiger partial charge in [0.2, 0.25) is 0 Å². The first-order valence-corrected chi connectivity index (χ1v) is 7.31. The molecule has 0 aromatic rings. The molecule has 1 saturated heterocycles. The monoisotopic (exact) mass is 233 g/mol. The minimum absolute atomic E-state index is 0.135. The van der Waals surface area contributed by atoms with E-state index in [1.807, 2.05) is 6.92 Å². The summed E-state index contributed by atoms with van der Waals surface area (Å²) in [5, 5.41) is -0.331. The number of sulfone groups is 1. The summed E-state index contributed by atoms with van der Waals surface area (Å²) in [6, 6.07) is -0.164. The molecule has 0 spiro atoms. The van der Waals surface area contributed by atoms with Gasteiger partial charge in [0, 0.05) is 12.6 Å². The van der Waals surface area contributed by atoms with Crippen LogP contribution in [-0.2, 0) is 14.6 Å². The van der Waals surface area contributed by atoms with Crippen molar-refractivity contribution < 1.29 is 13.2 Å². The molecule has 0 bridgehead atoms. The number of ether oxygens (including phenoxy) is 1. The second-order valence-electron chi connectivity index (χ2n) is 4.73. The second kappa shape index (κ2) is 4.03. The summed E-state index contributed by atoms with van der Waals surface area (Å²) in [5.41, 5.74) is 5.86. The standard InChI is InChI=1S/C10H19NO3S/c1-7-10(4-5-14-7)15(12,13)6-9(11)8-2-3-8/h7-10H,2-6,11H2,1H3. The van der Waals surface area contributed by atoms with E-state index in [4.69, 9.17) is 10.5 Å². The molecule has 2 N–H and O–H groups in total. The minimum atomic E-state index is -3.06. The molecule has 2 aliphatic rings. The van der Waals surface area contributed by atoms with E-state index in [2.05, 4.69) is 0 Å². The van der Waals surface area contributed by atoms with Crippen molar-refractivity contribution in [3.8, 4) is 0 Å². The first kappa shape index (κ1) is 11.4. The Hall–Kier alpha value is -0.130. The molecule has 1 aliphatic heterocycles. The summed E-state index contributed by atoms with van der Waals surface area (Å²) in [7, 11) is -3.06. The molecule has 5 heteroatoms. The fourth-order valence-corrected chi connectivity index (χ4v) is 4.41. The van der Waals surface area contributed by atoms with E-state index >= 15 is 0 Å². The molecule has 1 aliphatic carbocycles. The maximum absolute atomic E-state index is 12.0. The molecule has 3 unspecified atom stereocenters. The van der Waals surface area contributed by atoms with Crippen LogP contribution in [0.15, 0.2) is 0 Å². The lowest BCUT2D eigenvalue weighted by Crippen LogP contribution is -2.38. The zero-order valence-corrected chi connectivity index (χ0v) is 9.87. The van der Waals surface area contributed by atoms with Crippen molar-refractivity contribution in [3.63, 3.8) is 0 Å². The van der Waals surface area contributed by atoms with Crippen LogP contribution in [0.25, 0.3) is 0 Å². The predicted molar refractivity (Wildman–Crippen MR) is 58.3 cm³/mol. The van der Waals surface area contributed by atoms with E-state index in [0.717, 1.165) is 12.8 Å². The van der Waals surface area contributed by atoms with Gasteiger partial charge in [-0.1, -0.05) is 0 Å². The van der Waals surface area contributed by atoms with Crippen molar-refractivity contribution in [1.29, 1.82) is 0 Å². The van der Waals surface area contributed by atoms with Crippen LogP contribution in [0.3, 0.4) is 0 Å². The predicted octanol–water partition coefficient (Wildman–Crippen LogP) is 0.316. The van der Waals surface area contributed by atoms with Gasteiger partial charge < -0.3 is 10.5 Å². The summed E-state index contributed by atoms with van der Waals surface area (Å²) in [4.78, 5) is 0. The maximum atomic E-state index is 12.0. The Kier molecular flexibility index (Phi) is 3.05. The van der Waals surface area contributed by atoms with E-state index in [-0.39, 0.29) is 23.1 Å². The van der Waals surface area contributed by atoms with Crippen LogP contribution >= 0.6 is 0 Å². The molecular formula is C10H19NO3S. The topological polar surface area (TPSA) is 69.4 Å². The lowest BCUT2D eigenvalue weighted by molar-refractivity contribution is 0.126. The third kappa shape index (κ3) is 2.52. The van der Waals surface area contributed by atoms with Crippen molar-refractivity contribution in [2.75, 3.05) is 12.4 Å².